The maximum Gasteiger partial charge on any atom is 0.336 e. The largest absolute Gasteiger partial charge is 0.479 e. The molecule has 9 heteroatoms. The molecule has 1 heterocycles. The van der Waals surface area contributed by atoms with Crippen LogP contribution in [-0.4, -0.2) is 67.3 Å². The number of carbonyl (C=O) groups is 3. The van der Waals surface area contributed by atoms with Crippen LogP contribution in [0, 0.1) is 0 Å². The Kier molecular flexibility index (Phi) is 9.55. The van der Waals surface area contributed by atoms with Crippen LogP contribution in [-0.2, 0) is 25.5 Å². The summed E-state index contributed by atoms with van der Waals surface area (Å²) in [7, 11) is 0. The molecule has 3 atom stereocenters. The molecule has 0 aromatic heterocycles. The molecule has 160 valence electrons. The summed E-state index contributed by atoms with van der Waals surface area (Å²) in [5.74, 6) is -2.07. The van der Waals surface area contributed by atoms with Crippen LogP contribution in [0.2, 0.25) is 0 Å². The van der Waals surface area contributed by atoms with Gasteiger partial charge < -0.3 is 31.5 Å². The van der Waals surface area contributed by atoms with E-state index in [0.29, 0.717) is 19.5 Å². The molecule has 0 radical (unpaired) electrons. The number of nitrogens with two attached hydrogens (primary N) is 1. The Balaban J connectivity index is 1.80. The first kappa shape index (κ1) is 22.8. The van der Waals surface area contributed by atoms with Gasteiger partial charge in [0.2, 0.25) is 5.91 Å². The lowest BCUT2D eigenvalue weighted by Crippen LogP contribution is -2.49. The third-order valence-electron chi connectivity index (χ3n) is 4.55. The average molecular weight is 406 g/mol. The summed E-state index contributed by atoms with van der Waals surface area (Å²) in [4.78, 5) is 35.7. The first-order chi connectivity index (χ1) is 14.0. The highest BCUT2D eigenvalue weighted by Gasteiger charge is 2.51. The van der Waals surface area contributed by atoms with Crippen LogP contribution < -0.4 is 21.7 Å². The minimum absolute atomic E-state index is 0.300. The van der Waals surface area contributed by atoms with Crippen molar-refractivity contribution in [3.05, 3.63) is 35.9 Å². The predicted molar refractivity (Wildman–Crippen MR) is 107 cm³/mol. The fraction of sp³-hybridized carbons (Fsp3) is 0.550. The Morgan fingerprint density at radius 3 is 2.38 bits per heavy atom. The van der Waals surface area contributed by atoms with Gasteiger partial charge in [0.05, 0.1) is 0 Å². The highest BCUT2D eigenvalue weighted by Crippen LogP contribution is 2.22. The van der Waals surface area contributed by atoms with E-state index in [-0.39, 0.29) is 5.91 Å². The average Bonchev–Trinajstić information content (AvgIpc) is 3.51. The topological polar surface area (TPSA) is 146 Å². The van der Waals surface area contributed by atoms with Crippen molar-refractivity contribution in [1.82, 2.24) is 16.0 Å². The van der Waals surface area contributed by atoms with Crippen molar-refractivity contribution in [2.45, 2.75) is 43.9 Å². The first-order valence-corrected chi connectivity index (χ1v) is 9.94. The van der Waals surface area contributed by atoms with Crippen LogP contribution in [0.4, 0.5) is 0 Å². The molecular weight excluding hydrogens is 376 g/mol. The highest BCUT2D eigenvalue weighted by atomic mass is 16.6. The number of amides is 2. The van der Waals surface area contributed by atoms with Gasteiger partial charge in [0.15, 0.2) is 12.2 Å². The second-order valence-electron chi connectivity index (χ2n) is 6.96. The monoisotopic (exact) mass is 406 g/mol. The third-order valence-corrected chi connectivity index (χ3v) is 4.55. The van der Waals surface area contributed by atoms with Gasteiger partial charge in [0.25, 0.3) is 5.91 Å². The summed E-state index contributed by atoms with van der Waals surface area (Å²) in [6, 6.07) is 8.52. The third kappa shape index (κ3) is 8.18. The number of nitrogens with one attached hydrogen (secondary N) is 3. The zero-order valence-electron chi connectivity index (χ0n) is 16.4. The van der Waals surface area contributed by atoms with E-state index in [9.17, 15) is 14.4 Å². The minimum atomic E-state index is -1.19. The molecular formula is C20H30N4O5. The van der Waals surface area contributed by atoms with Crippen LogP contribution >= 0.6 is 0 Å². The van der Waals surface area contributed by atoms with Gasteiger partial charge in [-0.05, 0) is 44.5 Å². The molecule has 1 aromatic carbocycles. The van der Waals surface area contributed by atoms with Gasteiger partial charge in [-0.2, -0.15) is 0 Å². The molecule has 1 aliphatic heterocycles. The number of hydrogen-bond donors (Lipinski definition) is 5. The van der Waals surface area contributed by atoms with Gasteiger partial charge in [0, 0.05) is 13.0 Å². The minimum Gasteiger partial charge on any atom is -0.479 e. The molecule has 1 fully saturated rings. The number of benzene rings is 1. The van der Waals surface area contributed by atoms with Crippen LogP contribution in [0.3, 0.4) is 0 Å². The SMILES string of the molecule is NCCCNCCCCNC(=O)[C@H](Cc1ccccc1)NC(=O)[C@@H]1O[C@@H]1C(=O)O. The van der Waals surface area contributed by atoms with E-state index >= 15 is 0 Å². The van der Waals surface area contributed by atoms with Gasteiger partial charge in [-0.25, -0.2) is 4.79 Å². The van der Waals surface area contributed by atoms with E-state index in [2.05, 4.69) is 16.0 Å². The number of epoxide rings is 1. The van der Waals surface area contributed by atoms with Crippen molar-refractivity contribution < 1.29 is 24.2 Å². The maximum atomic E-state index is 12.6. The summed E-state index contributed by atoms with van der Waals surface area (Å²) < 4.78 is 4.87. The van der Waals surface area contributed by atoms with Crippen molar-refractivity contribution in [1.29, 1.82) is 0 Å². The lowest BCUT2D eigenvalue weighted by atomic mass is 10.0. The molecule has 2 amide bonds. The number of rotatable bonds is 14. The highest BCUT2D eigenvalue weighted by molar-refractivity contribution is 5.95. The second kappa shape index (κ2) is 12.2. The molecule has 0 aliphatic carbocycles. The number of carboxylic acids is 1. The number of carbonyl (C=O) groups excluding carboxylic acids is 2. The number of aliphatic carboxylic acids is 1. The van der Waals surface area contributed by atoms with Crippen molar-refractivity contribution in [2.75, 3.05) is 26.2 Å². The van der Waals surface area contributed by atoms with E-state index in [4.69, 9.17) is 15.6 Å². The summed E-state index contributed by atoms with van der Waals surface area (Å²) >= 11 is 0. The van der Waals surface area contributed by atoms with Gasteiger partial charge in [-0.1, -0.05) is 30.3 Å². The number of unbranched alkanes of at least 4 members (excludes halogenated alkanes) is 1. The smallest absolute Gasteiger partial charge is 0.336 e. The Bertz CT molecular complexity index is 670. The van der Waals surface area contributed by atoms with E-state index < -0.39 is 30.1 Å². The fourth-order valence-corrected chi connectivity index (χ4v) is 2.87. The van der Waals surface area contributed by atoms with Crippen molar-refractivity contribution in [2.24, 2.45) is 5.73 Å². The molecule has 1 aliphatic rings. The molecule has 0 bridgehead atoms. The molecule has 0 unspecified atom stereocenters. The predicted octanol–water partition coefficient (Wildman–Crippen LogP) is -0.599. The Labute approximate surface area is 170 Å². The lowest BCUT2D eigenvalue weighted by molar-refractivity contribution is -0.138. The molecule has 1 aromatic rings. The van der Waals surface area contributed by atoms with Gasteiger partial charge in [0.1, 0.15) is 6.04 Å². The number of ether oxygens (including phenoxy) is 1. The van der Waals surface area contributed by atoms with E-state index in [1.807, 2.05) is 30.3 Å². The molecule has 29 heavy (non-hydrogen) atoms. The van der Waals surface area contributed by atoms with E-state index in [1.54, 1.807) is 0 Å². The van der Waals surface area contributed by atoms with Gasteiger partial charge in [-0.3, -0.25) is 9.59 Å². The first-order valence-electron chi connectivity index (χ1n) is 9.94. The fourth-order valence-electron chi connectivity index (χ4n) is 2.87. The molecule has 0 spiro atoms. The molecule has 1 saturated heterocycles. The zero-order valence-corrected chi connectivity index (χ0v) is 16.4. The Morgan fingerprint density at radius 2 is 1.72 bits per heavy atom. The normalized spacial score (nSPS) is 18.7. The van der Waals surface area contributed by atoms with Crippen LogP contribution in [0.25, 0.3) is 0 Å². The zero-order chi connectivity index (χ0) is 21.1. The van der Waals surface area contributed by atoms with Crippen LogP contribution in [0.15, 0.2) is 30.3 Å². The van der Waals surface area contributed by atoms with Crippen molar-refractivity contribution in [3.8, 4) is 0 Å². The van der Waals surface area contributed by atoms with Crippen LogP contribution in [0.1, 0.15) is 24.8 Å². The van der Waals surface area contributed by atoms with Crippen LogP contribution in [0.5, 0.6) is 0 Å². The summed E-state index contributed by atoms with van der Waals surface area (Å²) in [5, 5.41) is 17.6. The molecule has 9 nitrogen and oxygen atoms in total. The van der Waals surface area contributed by atoms with E-state index in [1.165, 1.54) is 0 Å². The quantitative estimate of drug-likeness (QED) is 0.205. The lowest BCUT2D eigenvalue weighted by Gasteiger charge is -2.18. The molecule has 6 N–H and O–H groups in total. The standard InChI is InChI=1S/C20H30N4O5/c21-9-6-11-22-10-4-5-12-23-18(25)15(13-14-7-2-1-3-8-14)24-19(26)16-17(29-16)20(27)28/h1-3,7-8,15-17,22H,4-6,9-13,21H2,(H,23,25)(H,24,26)(H,27,28)/t15-,16+,17-/m0/s1. The molecule has 2 rings (SSSR count). The second-order valence-corrected chi connectivity index (χ2v) is 6.96. The Morgan fingerprint density at radius 1 is 1.03 bits per heavy atom. The summed E-state index contributed by atoms with van der Waals surface area (Å²) in [6.45, 7) is 2.90. The number of carboxylic acid groups (broad SMARTS) is 1. The van der Waals surface area contributed by atoms with Gasteiger partial charge >= 0.3 is 5.97 Å². The molecule has 0 saturated carbocycles. The summed E-state index contributed by atoms with van der Waals surface area (Å²) in [5.41, 5.74) is 6.32. The summed E-state index contributed by atoms with van der Waals surface area (Å²) in [6.07, 6.45) is 0.784. The van der Waals surface area contributed by atoms with Crippen molar-refractivity contribution in [3.63, 3.8) is 0 Å². The van der Waals surface area contributed by atoms with Crippen molar-refractivity contribution >= 4 is 17.8 Å². The van der Waals surface area contributed by atoms with E-state index in [0.717, 1.165) is 37.9 Å². The Hall–Kier alpha value is -2.49. The van der Waals surface area contributed by atoms with Gasteiger partial charge in [-0.15, -0.1) is 0 Å². The maximum absolute atomic E-state index is 12.6. The number of hydrogen-bond acceptors (Lipinski definition) is 6.